The number of carbonyl (C=O) groups is 1. The number of amides is 1. The van der Waals surface area contributed by atoms with Crippen LogP contribution in [0.2, 0.25) is 5.02 Å². The van der Waals surface area contributed by atoms with E-state index in [-0.39, 0.29) is 5.56 Å². The number of primary amides is 1. The quantitative estimate of drug-likeness (QED) is 0.639. The highest BCUT2D eigenvalue weighted by Crippen LogP contribution is 2.24. The average Bonchev–Trinajstić information content (AvgIpc) is 2.46. The predicted octanol–water partition coefficient (Wildman–Crippen LogP) is 3.06. The Morgan fingerprint density at radius 2 is 2.09 bits per heavy atom. The van der Waals surface area contributed by atoms with E-state index in [9.17, 15) is 9.59 Å². The van der Waals surface area contributed by atoms with E-state index in [0.717, 1.165) is 6.42 Å². The van der Waals surface area contributed by atoms with E-state index in [0.29, 0.717) is 33.5 Å². The minimum atomic E-state index is -0.469. The number of nitrogens with zero attached hydrogens (tertiary/aromatic N) is 2. The summed E-state index contributed by atoms with van der Waals surface area (Å²) in [7, 11) is 0. The third-order valence-electron chi connectivity index (χ3n) is 3.50. The van der Waals surface area contributed by atoms with Crippen LogP contribution < -0.4 is 11.3 Å². The van der Waals surface area contributed by atoms with Crippen molar-refractivity contribution in [2.24, 2.45) is 11.7 Å². The minimum Gasteiger partial charge on any atom is -0.369 e. The summed E-state index contributed by atoms with van der Waals surface area (Å²) in [5.41, 5.74) is 5.75. The maximum Gasteiger partial charge on any atom is 0.262 e. The fourth-order valence-corrected chi connectivity index (χ4v) is 3.12. The number of rotatable bonds is 6. The van der Waals surface area contributed by atoms with Gasteiger partial charge in [-0.15, -0.1) is 0 Å². The normalized spacial score (nSPS) is 12.7. The van der Waals surface area contributed by atoms with Gasteiger partial charge in [0.15, 0.2) is 5.16 Å². The lowest BCUT2D eigenvalue weighted by atomic mass is 10.1. The highest BCUT2D eigenvalue weighted by atomic mass is 35.5. The summed E-state index contributed by atoms with van der Waals surface area (Å²) in [4.78, 5) is 28.7. The van der Waals surface area contributed by atoms with Gasteiger partial charge in [-0.3, -0.25) is 14.2 Å². The number of hydrogen-bond acceptors (Lipinski definition) is 4. The molecular weight excluding hydrogens is 334 g/mol. The average molecular weight is 354 g/mol. The zero-order valence-corrected chi connectivity index (χ0v) is 14.9. The second-order valence-corrected chi connectivity index (χ2v) is 7.60. The third-order valence-corrected chi connectivity index (χ3v) is 4.84. The van der Waals surface area contributed by atoms with E-state index >= 15 is 0 Å². The van der Waals surface area contributed by atoms with Gasteiger partial charge >= 0.3 is 0 Å². The molecule has 0 bridgehead atoms. The molecule has 1 aromatic carbocycles. The highest BCUT2D eigenvalue weighted by Gasteiger charge is 2.17. The molecule has 0 saturated carbocycles. The highest BCUT2D eigenvalue weighted by molar-refractivity contribution is 8.00. The lowest BCUT2D eigenvalue weighted by Gasteiger charge is -2.16. The first kappa shape index (κ1) is 17.8. The van der Waals surface area contributed by atoms with Crippen molar-refractivity contribution in [1.29, 1.82) is 0 Å². The Kier molecular flexibility index (Phi) is 5.70. The van der Waals surface area contributed by atoms with Crippen LogP contribution in [-0.4, -0.2) is 20.7 Å². The molecule has 0 aliphatic heterocycles. The lowest BCUT2D eigenvalue weighted by Crippen LogP contribution is -2.27. The Balaban J connectivity index is 2.57. The molecular formula is C16H20ClN3O2S. The van der Waals surface area contributed by atoms with E-state index in [2.05, 4.69) is 18.8 Å². The molecule has 1 atom stereocenters. The monoisotopic (exact) mass is 353 g/mol. The van der Waals surface area contributed by atoms with Gasteiger partial charge in [-0.1, -0.05) is 37.2 Å². The van der Waals surface area contributed by atoms with Crippen molar-refractivity contribution in [3.63, 3.8) is 0 Å². The summed E-state index contributed by atoms with van der Waals surface area (Å²) >= 11 is 7.19. The van der Waals surface area contributed by atoms with Crippen LogP contribution in [0, 0.1) is 5.92 Å². The van der Waals surface area contributed by atoms with Crippen LogP contribution in [0.1, 0.15) is 27.2 Å². The van der Waals surface area contributed by atoms with Gasteiger partial charge in [-0.2, -0.15) is 0 Å². The molecule has 1 heterocycles. The van der Waals surface area contributed by atoms with Gasteiger partial charge in [0.25, 0.3) is 5.56 Å². The molecule has 0 aliphatic rings. The molecule has 0 spiro atoms. The van der Waals surface area contributed by atoms with Crippen LogP contribution in [-0.2, 0) is 11.3 Å². The van der Waals surface area contributed by atoms with Crippen molar-refractivity contribution in [3.8, 4) is 0 Å². The zero-order chi connectivity index (χ0) is 17.1. The molecule has 2 N–H and O–H groups in total. The topological polar surface area (TPSA) is 78.0 Å². The number of aromatic nitrogens is 2. The number of thioether (sulfide) groups is 1. The first-order valence-corrected chi connectivity index (χ1v) is 8.71. The number of benzene rings is 1. The van der Waals surface area contributed by atoms with Crippen molar-refractivity contribution in [2.75, 3.05) is 0 Å². The summed E-state index contributed by atoms with van der Waals surface area (Å²) in [6.45, 7) is 6.44. The summed E-state index contributed by atoms with van der Waals surface area (Å²) in [5, 5.41) is 1.07. The molecule has 0 radical (unpaired) electrons. The molecule has 0 saturated heterocycles. The van der Waals surface area contributed by atoms with Crippen molar-refractivity contribution in [3.05, 3.63) is 33.6 Å². The Hall–Kier alpha value is -1.53. The number of hydrogen-bond donors (Lipinski definition) is 1. The lowest BCUT2D eigenvalue weighted by molar-refractivity contribution is -0.117. The van der Waals surface area contributed by atoms with E-state index in [1.165, 1.54) is 11.8 Å². The predicted molar refractivity (Wildman–Crippen MR) is 95.0 cm³/mol. The largest absolute Gasteiger partial charge is 0.369 e. The number of halogens is 1. The summed E-state index contributed by atoms with van der Waals surface area (Å²) < 4.78 is 1.63. The van der Waals surface area contributed by atoms with E-state index in [4.69, 9.17) is 17.3 Å². The fourth-order valence-electron chi connectivity index (χ4n) is 2.06. The minimum absolute atomic E-state index is 0.119. The maximum absolute atomic E-state index is 12.8. The Bertz CT molecular complexity index is 789. The molecule has 7 heteroatoms. The molecule has 0 unspecified atom stereocenters. The third kappa shape index (κ3) is 4.26. The van der Waals surface area contributed by atoms with Gasteiger partial charge in [0, 0.05) is 11.6 Å². The van der Waals surface area contributed by atoms with Crippen LogP contribution in [0.25, 0.3) is 10.9 Å². The fraction of sp³-hybridized carbons (Fsp3) is 0.438. The van der Waals surface area contributed by atoms with Gasteiger partial charge in [0.2, 0.25) is 5.91 Å². The summed E-state index contributed by atoms with van der Waals surface area (Å²) in [6, 6.07) is 5.02. The van der Waals surface area contributed by atoms with Gasteiger partial charge in [-0.25, -0.2) is 4.98 Å². The molecule has 23 heavy (non-hydrogen) atoms. The summed E-state index contributed by atoms with van der Waals surface area (Å²) in [5.74, 6) is 0.0140. The van der Waals surface area contributed by atoms with E-state index in [1.807, 2.05) is 0 Å². The first-order valence-electron chi connectivity index (χ1n) is 7.45. The number of carbonyl (C=O) groups excluding carboxylic acids is 1. The second-order valence-electron chi connectivity index (χ2n) is 5.86. The van der Waals surface area contributed by atoms with Gasteiger partial charge in [0.05, 0.1) is 16.2 Å². The second kappa shape index (κ2) is 7.36. The number of fused-ring (bicyclic) bond motifs is 1. The van der Waals surface area contributed by atoms with Crippen LogP contribution in [0.3, 0.4) is 0 Å². The SMILES string of the molecule is CC(C)CCn1c(S[C@@H](C)C(N)=O)nc2cc(Cl)ccc2c1=O. The smallest absolute Gasteiger partial charge is 0.262 e. The molecule has 2 aromatic rings. The molecule has 2 rings (SSSR count). The molecule has 0 aliphatic carbocycles. The first-order chi connectivity index (χ1) is 10.8. The van der Waals surface area contributed by atoms with Crippen molar-refractivity contribution in [1.82, 2.24) is 9.55 Å². The Labute approximate surface area is 144 Å². The van der Waals surface area contributed by atoms with Gasteiger partial charge < -0.3 is 5.73 Å². The molecule has 0 fully saturated rings. The summed E-state index contributed by atoms with van der Waals surface area (Å²) in [6.07, 6.45) is 0.846. The van der Waals surface area contributed by atoms with Crippen molar-refractivity contribution < 1.29 is 4.79 Å². The number of nitrogens with two attached hydrogens (primary N) is 1. The molecule has 5 nitrogen and oxygen atoms in total. The molecule has 1 amide bonds. The van der Waals surface area contributed by atoms with Crippen molar-refractivity contribution in [2.45, 2.75) is 44.1 Å². The maximum atomic E-state index is 12.8. The standard InChI is InChI=1S/C16H20ClN3O2S/c1-9(2)6-7-20-15(22)12-5-4-11(17)8-13(12)19-16(20)23-10(3)14(18)21/h4-5,8-10H,6-7H2,1-3H3,(H2,18,21)/t10-/m0/s1. The van der Waals surface area contributed by atoms with E-state index in [1.54, 1.807) is 29.7 Å². The van der Waals surface area contributed by atoms with Crippen LogP contribution in [0.4, 0.5) is 0 Å². The van der Waals surface area contributed by atoms with Crippen LogP contribution in [0.15, 0.2) is 28.2 Å². The Morgan fingerprint density at radius 1 is 1.39 bits per heavy atom. The van der Waals surface area contributed by atoms with E-state index < -0.39 is 11.2 Å². The molecule has 1 aromatic heterocycles. The Morgan fingerprint density at radius 3 is 2.70 bits per heavy atom. The van der Waals surface area contributed by atoms with Crippen LogP contribution in [0.5, 0.6) is 0 Å². The zero-order valence-electron chi connectivity index (χ0n) is 13.4. The van der Waals surface area contributed by atoms with Crippen molar-refractivity contribution >= 4 is 40.2 Å². The van der Waals surface area contributed by atoms with Gasteiger partial charge in [-0.05, 0) is 37.5 Å². The van der Waals surface area contributed by atoms with Crippen LogP contribution >= 0.6 is 23.4 Å². The van der Waals surface area contributed by atoms with Gasteiger partial charge in [0.1, 0.15) is 0 Å². The molecule has 124 valence electrons.